The summed E-state index contributed by atoms with van der Waals surface area (Å²) >= 11 is 5.86. The third-order valence-electron chi connectivity index (χ3n) is 2.36. The highest BCUT2D eigenvalue weighted by Gasteiger charge is 2.21. The van der Waals surface area contributed by atoms with Gasteiger partial charge in [-0.15, -0.1) is 12.4 Å². The molecule has 0 amide bonds. The molecule has 0 saturated carbocycles. The van der Waals surface area contributed by atoms with Gasteiger partial charge >= 0.3 is 0 Å². The van der Waals surface area contributed by atoms with Gasteiger partial charge in [0.15, 0.2) is 0 Å². The summed E-state index contributed by atoms with van der Waals surface area (Å²) in [6.45, 7) is 2.47. The molecule has 1 atom stereocenters. The molecule has 3 N–H and O–H groups in total. The fraction of sp³-hybridized carbons (Fsp3) is 0.500. The maximum atomic E-state index is 12.2. The highest BCUT2D eigenvalue weighted by molar-refractivity contribution is 7.89. The number of methoxy groups -OCH3 is 1. The van der Waals surface area contributed by atoms with Crippen LogP contribution in [0, 0.1) is 0 Å². The Bertz CT molecular complexity index is 540. The molecule has 0 fully saturated rings. The lowest BCUT2D eigenvalue weighted by Crippen LogP contribution is -2.30. The van der Waals surface area contributed by atoms with E-state index in [1.807, 2.05) is 0 Å². The van der Waals surface area contributed by atoms with Crippen molar-refractivity contribution in [3.8, 4) is 5.75 Å². The fourth-order valence-corrected chi connectivity index (χ4v) is 2.99. The molecule has 1 aromatic carbocycles. The molecule has 122 valence electrons. The van der Waals surface area contributed by atoms with Crippen molar-refractivity contribution < 1.29 is 17.9 Å². The van der Waals surface area contributed by atoms with Crippen molar-refractivity contribution in [3.05, 3.63) is 23.2 Å². The number of nitrogens with two attached hydrogens (primary N) is 1. The first kappa shape index (κ1) is 20.4. The molecule has 0 bridgehead atoms. The molecule has 9 heteroatoms. The van der Waals surface area contributed by atoms with Gasteiger partial charge in [-0.3, -0.25) is 0 Å². The van der Waals surface area contributed by atoms with Crippen molar-refractivity contribution in [2.75, 3.05) is 26.8 Å². The normalized spacial score (nSPS) is 12.6. The minimum Gasteiger partial charge on any atom is -0.487 e. The molecular formula is C12H20Cl2N2O4S. The Labute approximate surface area is 136 Å². The minimum atomic E-state index is -3.72. The average molecular weight is 359 g/mol. The van der Waals surface area contributed by atoms with Crippen LogP contribution in [0.3, 0.4) is 0 Å². The van der Waals surface area contributed by atoms with Crippen LogP contribution in [0.4, 0.5) is 0 Å². The molecule has 0 aliphatic heterocycles. The molecule has 1 rings (SSSR count). The Morgan fingerprint density at radius 2 is 2.10 bits per heavy atom. The number of rotatable bonds is 8. The largest absolute Gasteiger partial charge is 0.487 e. The second-order valence-electron chi connectivity index (χ2n) is 4.16. The minimum absolute atomic E-state index is 0. The van der Waals surface area contributed by atoms with E-state index in [1.165, 1.54) is 12.1 Å². The predicted octanol–water partition coefficient (Wildman–Crippen LogP) is 1.41. The van der Waals surface area contributed by atoms with Crippen molar-refractivity contribution in [3.63, 3.8) is 0 Å². The van der Waals surface area contributed by atoms with Crippen LogP contribution in [-0.4, -0.2) is 41.3 Å². The number of hydrogen-bond acceptors (Lipinski definition) is 5. The lowest BCUT2D eigenvalue weighted by molar-refractivity contribution is 0.0901. The van der Waals surface area contributed by atoms with E-state index in [4.69, 9.17) is 26.8 Å². The van der Waals surface area contributed by atoms with Gasteiger partial charge in [-0.05, 0) is 25.1 Å². The van der Waals surface area contributed by atoms with Crippen LogP contribution in [0.15, 0.2) is 23.1 Å². The smallest absolute Gasteiger partial charge is 0.244 e. The van der Waals surface area contributed by atoms with Crippen LogP contribution in [0.5, 0.6) is 5.75 Å². The molecule has 1 aromatic rings. The summed E-state index contributed by atoms with van der Waals surface area (Å²) in [5.74, 6) is 0.225. The van der Waals surface area contributed by atoms with E-state index in [0.717, 1.165) is 0 Å². The molecule has 1 unspecified atom stereocenters. The highest BCUT2D eigenvalue weighted by Crippen LogP contribution is 2.28. The number of sulfonamides is 1. The summed E-state index contributed by atoms with van der Waals surface area (Å²) in [4.78, 5) is -0.0126. The molecule has 21 heavy (non-hydrogen) atoms. The summed E-state index contributed by atoms with van der Waals surface area (Å²) < 4.78 is 37.2. The van der Waals surface area contributed by atoms with Gasteiger partial charge in [0.05, 0.1) is 6.61 Å². The van der Waals surface area contributed by atoms with Crippen LogP contribution < -0.4 is 15.2 Å². The fourth-order valence-electron chi connectivity index (χ4n) is 1.55. The van der Waals surface area contributed by atoms with Gasteiger partial charge < -0.3 is 15.2 Å². The molecule has 0 heterocycles. The Balaban J connectivity index is 0.00000400. The summed E-state index contributed by atoms with van der Waals surface area (Å²) in [5, 5.41) is 0.310. The quantitative estimate of drug-likeness (QED) is 0.733. The van der Waals surface area contributed by atoms with Crippen LogP contribution in [0.25, 0.3) is 0 Å². The van der Waals surface area contributed by atoms with E-state index < -0.39 is 10.0 Å². The second kappa shape index (κ2) is 9.45. The molecule has 0 aliphatic carbocycles. The number of hydrogen-bond donors (Lipinski definition) is 2. The van der Waals surface area contributed by atoms with Crippen molar-refractivity contribution in [1.82, 2.24) is 4.72 Å². The molecular weight excluding hydrogens is 339 g/mol. The van der Waals surface area contributed by atoms with E-state index in [1.54, 1.807) is 20.1 Å². The first-order chi connectivity index (χ1) is 9.40. The number of nitrogens with one attached hydrogen (secondary N) is 1. The van der Waals surface area contributed by atoms with Crippen LogP contribution >= 0.6 is 24.0 Å². The first-order valence-corrected chi connectivity index (χ1v) is 7.91. The van der Waals surface area contributed by atoms with Gasteiger partial charge in [-0.25, -0.2) is 13.1 Å². The Kier molecular flexibility index (Phi) is 9.19. The summed E-state index contributed by atoms with van der Waals surface area (Å²) in [6, 6.07) is 4.43. The SMILES string of the molecule is COCC(C)Oc1ccc(Cl)cc1S(=O)(=O)NCCN.Cl. The lowest BCUT2D eigenvalue weighted by atomic mass is 10.3. The van der Waals surface area contributed by atoms with Crippen molar-refractivity contribution >= 4 is 34.0 Å². The van der Waals surface area contributed by atoms with E-state index in [-0.39, 0.29) is 42.2 Å². The van der Waals surface area contributed by atoms with Gasteiger partial charge in [0.1, 0.15) is 16.7 Å². The number of benzene rings is 1. The van der Waals surface area contributed by atoms with Crippen LogP contribution in [0.1, 0.15) is 6.92 Å². The van der Waals surface area contributed by atoms with E-state index in [9.17, 15) is 8.42 Å². The third kappa shape index (κ3) is 6.37. The Morgan fingerprint density at radius 3 is 2.67 bits per heavy atom. The van der Waals surface area contributed by atoms with Crippen LogP contribution in [-0.2, 0) is 14.8 Å². The molecule has 0 aliphatic rings. The molecule has 0 radical (unpaired) electrons. The standard InChI is InChI=1S/C12H19ClN2O4S.ClH/c1-9(8-18-2)19-11-4-3-10(13)7-12(11)20(16,17)15-6-5-14;/h3-4,7,9,15H,5-6,8,14H2,1-2H3;1H. The second-order valence-corrected chi connectivity index (χ2v) is 6.33. The third-order valence-corrected chi connectivity index (χ3v) is 4.08. The molecule has 6 nitrogen and oxygen atoms in total. The zero-order valence-corrected chi connectivity index (χ0v) is 14.2. The van der Waals surface area contributed by atoms with Gasteiger partial charge in [-0.2, -0.15) is 0 Å². The Morgan fingerprint density at radius 1 is 1.43 bits per heavy atom. The highest BCUT2D eigenvalue weighted by atomic mass is 35.5. The monoisotopic (exact) mass is 358 g/mol. The van der Waals surface area contributed by atoms with E-state index in [0.29, 0.717) is 11.6 Å². The predicted molar refractivity (Wildman–Crippen MR) is 84.9 cm³/mol. The molecule has 0 saturated heterocycles. The number of ether oxygens (including phenoxy) is 2. The lowest BCUT2D eigenvalue weighted by Gasteiger charge is -2.17. The van der Waals surface area contributed by atoms with Crippen molar-refractivity contribution in [2.45, 2.75) is 17.9 Å². The van der Waals surface area contributed by atoms with Gasteiger partial charge in [0, 0.05) is 25.2 Å². The van der Waals surface area contributed by atoms with Crippen molar-refractivity contribution in [2.24, 2.45) is 5.73 Å². The van der Waals surface area contributed by atoms with Crippen molar-refractivity contribution in [1.29, 1.82) is 0 Å². The number of halogens is 2. The zero-order chi connectivity index (χ0) is 15.2. The maximum Gasteiger partial charge on any atom is 0.244 e. The first-order valence-electron chi connectivity index (χ1n) is 6.05. The summed E-state index contributed by atoms with van der Waals surface area (Å²) in [5.41, 5.74) is 5.30. The van der Waals surface area contributed by atoms with Gasteiger partial charge in [0.2, 0.25) is 10.0 Å². The molecule has 0 aromatic heterocycles. The Hall–Kier alpha value is -0.570. The van der Waals surface area contributed by atoms with E-state index in [2.05, 4.69) is 4.72 Å². The van der Waals surface area contributed by atoms with E-state index >= 15 is 0 Å². The summed E-state index contributed by atoms with van der Waals surface area (Å²) in [6.07, 6.45) is -0.287. The van der Waals surface area contributed by atoms with Gasteiger partial charge in [-0.1, -0.05) is 11.6 Å². The van der Waals surface area contributed by atoms with Crippen LogP contribution in [0.2, 0.25) is 5.02 Å². The average Bonchev–Trinajstić information content (AvgIpc) is 2.39. The zero-order valence-electron chi connectivity index (χ0n) is 11.8. The topological polar surface area (TPSA) is 90.6 Å². The van der Waals surface area contributed by atoms with Gasteiger partial charge in [0.25, 0.3) is 0 Å². The maximum absolute atomic E-state index is 12.2. The summed E-state index contributed by atoms with van der Waals surface area (Å²) in [7, 11) is -2.17. The molecule has 0 spiro atoms.